The highest BCUT2D eigenvalue weighted by atomic mass is 16.4. The molecule has 21 heavy (non-hydrogen) atoms. The van der Waals surface area contributed by atoms with Crippen molar-refractivity contribution in [3.05, 3.63) is 12.2 Å². The van der Waals surface area contributed by atoms with Gasteiger partial charge in [0.2, 0.25) is 11.8 Å². The zero-order valence-electron chi connectivity index (χ0n) is 12.2. The van der Waals surface area contributed by atoms with E-state index >= 15 is 0 Å². The van der Waals surface area contributed by atoms with Crippen LogP contribution in [0, 0.1) is 17.8 Å². The van der Waals surface area contributed by atoms with E-state index < -0.39 is 17.8 Å². The fraction of sp³-hybridized carbons (Fsp3) is 0.667. The fourth-order valence-corrected chi connectivity index (χ4v) is 3.19. The van der Waals surface area contributed by atoms with Crippen LogP contribution in [-0.2, 0) is 14.4 Å². The van der Waals surface area contributed by atoms with E-state index in [1.807, 2.05) is 12.2 Å². The van der Waals surface area contributed by atoms with Crippen LogP contribution < -0.4 is 5.32 Å². The first-order chi connectivity index (χ1) is 10.0. The van der Waals surface area contributed by atoms with Crippen molar-refractivity contribution in [3.8, 4) is 0 Å². The Labute approximate surface area is 124 Å². The Balaban J connectivity index is 2.06. The van der Waals surface area contributed by atoms with Crippen LogP contribution in [0.3, 0.4) is 0 Å². The lowest BCUT2D eigenvalue weighted by atomic mass is 9.81. The summed E-state index contributed by atoms with van der Waals surface area (Å²) in [4.78, 5) is 37.3. The van der Waals surface area contributed by atoms with Crippen molar-refractivity contribution in [2.45, 2.75) is 25.7 Å². The highest BCUT2D eigenvalue weighted by molar-refractivity contribution is 5.86. The summed E-state index contributed by atoms with van der Waals surface area (Å²) in [5, 5.41) is 11.9. The van der Waals surface area contributed by atoms with Gasteiger partial charge in [-0.15, -0.1) is 0 Å². The molecule has 2 aliphatic rings. The number of piperidine rings is 1. The first kappa shape index (κ1) is 15.5. The smallest absolute Gasteiger partial charge is 0.307 e. The second-order valence-corrected chi connectivity index (χ2v) is 5.73. The minimum Gasteiger partial charge on any atom is -0.481 e. The monoisotopic (exact) mass is 294 g/mol. The van der Waals surface area contributed by atoms with Crippen LogP contribution in [0.15, 0.2) is 12.2 Å². The number of nitrogens with one attached hydrogen (secondary N) is 1. The molecule has 0 spiro atoms. The third kappa shape index (κ3) is 3.43. The maximum Gasteiger partial charge on any atom is 0.307 e. The van der Waals surface area contributed by atoms with E-state index in [-0.39, 0.29) is 17.7 Å². The van der Waals surface area contributed by atoms with Gasteiger partial charge >= 0.3 is 5.97 Å². The zero-order chi connectivity index (χ0) is 15.4. The van der Waals surface area contributed by atoms with Crippen molar-refractivity contribution >= 4 is 17.8 Å². The lowest BCUT2D eigenvalue weighted by Gasteiger charge is -2.36. The minimum absolute atomic E-state index is 0.0502. The normalized spacial score (nSPS) is 29.0. The molecule has 6 nitrogen and oxygen atoms in total. The summed E-state index contributed by atoms with van der Waals surface area (Å²) >= 11 is 0. The Bertz CT molecular complexity index is 461. The van der Waals surface area contributed by atoms with Crippen LogP contribution >= 0.6 is 0 Å². The van der Waals surface area contributed by atoms with Gasteiger partial charge in [0.1, 0.15) is 0 Å². The summed E-state index contributed by atoms with van der Waals surface area (Å²) in [6.07, 6.45) is 6.13. The number of hydrogen-bond acceptors (Lipinski definition) is 3. The van der Waals surface area contributed by atoms with Gasteiger partial charge in [0.25, 0.3) is 0 Å². The second kappa shape index (κ2) is 6.74. The number of nitrogens with zero attached hydrogens (tertiary/aromatic N) is 1. The highest BCUT2D eigenvalue weighted by Crippen LogP contribution is 2.29. The van der Waals surface area contributed by atoms with E-state index in [9.17, 15) is 19.5 Å². The molecule has 2 N–H and O–H groups in total. The van der Waals surface area contributed by atoms with Gasteiger partial charge in [0.05, 0.1) is 17.8 Å². The molecule has 2 amide bonds. The van der Waals surface area contributed by atoms with E-state index in [1.165, 1.54) is 0 Å². The van der Waals surface area contributed by atoms with Crippen molar-refractivity contribution in [1.29, 1.82) is 0 Å². The lowest BCUT2D eigenvalue weighted by molar-refractivity contribution is -0.151. The van der Waals surface area contributed by atoms with Crippen molar-refractivity contribution in [2.75, 3.05) is 20.1 Å². The number of aliphatic carboxylic acids is 1. The summed E-state index contributed by atoms with van der Waals surface area (Å²) in [6.45, 7) is 1.00. The number of carboxylic acid groups (broad SMARTS) is 1. The molecule has 1 heterocycles. The van der Waals surface area contributed by atoms with Gasteiger partial charge < -0.3 is 15.3 Å². The average Bonchev–Trinajstić information content (AvgIpc) is 2.53. The van der Waals surface area contributed by atoms with Crippen LogP contribution in [0.2, 0.25) is 0 Å². The predicted molar refractivity (Wildman–Crippen MR) is 76.4 cm³/mol. The molecule has 2 rings (SSSR count). The van der Waals surface area contributed by atoms with E-state index in [4.69, 9.17) is 0 Å². The SMILES string of the molecule is CNC(=O)C1CCCN(C(=O)C2CC=CCC2C(=O)O)C1. The third-order valence-corrected chi connectivity index (χ3v) is 4.42. The first-order valence-electron chi connectivity index (χ1n) is 7.42. The van der Waals surface area contributed by atoms with E-state index in [1.54, 1.807) is 11.9 Å². The molecule has 0 radical (unpaired) electrons. The molecule has 0 aromatic carbocycles. The van der Waals surface area contributed by atoms with Crippen LogP contribution in [0.4, 0.5) is 0 Å². The lowest BCUT2D eigenvalue weighted by Crippen LogP contribution is -2.48. The molecule has 3 unspecified atom stereocenters. The minimum atomic E-state index is -0.919. The zero-order valence-corrected chi connectivity index (χ0v) is 12.2. The number of carboxylic acids is 1. The molecule has 0 aromatic rings. The quantitative estimate of drug-likeness (QED) is 0.748. The number of carbonyl (C=O) groups excluding carboxylic acids is 2. The molecular weight excluding hydrogens is 272 g/mol. The fourth-order valence-electron chi connectivity index (χ4n) is 3.19. The number of carbonyl (C=O) groups is 3. The van der Waals surface area contributed by atoms with Gasteiger partial charge in [0.15, 0.2) is 0 Å². The van der Waals surface area contributed by atoms with Gasteiger partial charge in [-0.25, -0.2) is 0 Å². The summed E-state index contributed by atoms with van der Waals surface area (Å²) in [7, 11) is 1.59. The third-order valence-electron chi connectivity index (χ3n) is 4.42. The molecule has 3 atom stereocenters. The largest absolute Gasteiger partial charge is 0.481 e. The van der Waals surface area contributed by atoms with Crippen molar-refractivity contribution in [3.63, 3.8) is 0 Å². The Morgan fingerprint density at radius 3 is 2.48 bits per heavy atom. The first-order valence-corrected chi connectivity index (χ1v) is 7.42. The average molecular weight is 294 g/mol. The molecule has 6 heteroatoms. The van der Waals surface area contributed by atoms with Crippen LogP contribution in [0.1, 0.15) is 25.7 Å². The number of amides is 2. The molecule has 1 aliphatic carbocycles. The molecule has 0 saturated carbocycles. The Kier molecular flexibility index (Phi) is 4.98. The van der Waals surface area contributed by atoms with Gasteiger partial charge in [0, 0.05) is 20.1 Å². The van der Waals surface area contributed by atoms with Crippen LogP contribution in [0.25, 0.3) is 0 Å². The molecule has 0 bridgehead atoms. The van der Waals surface area contributed by atoms with Crippen molar-refractivity contribution in [2.24, 2.45) is 17.8 Å². The molecule has 1 aliphatic heterocycles. The van der Waals surface area contributed by atoms with Gasteiger partial charge in [-0.2, -0.15) is 0 Å². The Morgan fingerprint density at radius 1 is 1.19 bits per heavy atom. The topological polar surface area (TPSA) is 86.7 Å². The maximum absolute atomic E-state index is 12.6. The number of likely N-dealkylation sites (tertiary alicyclic amines) is 1. The summed E-state index contributed by atoms with van der Waals surface area (Å²) in [5.41, 5.74) is 0. The van der Waals surface area contributed by atoms with Crippen LogP contribution in [0.5, 0.6) is 0 Å². The summed E-state index contributed by atoms with van der Waals surface area (Å²) < 4.78 is 0. The Morgan fingerprint density at radius 2 is 1.86 bits per heavy atom. The summed E-state index contributed by atoms with van der Waals surface area (Å²) in [5.74, 6) is -2.43. The molecular formula is C15H22N2O4. The van der Waals surface area contributed by atoms with E-state index in [0.29, 0.717) is 25.9 Å². The number of hydrogen-bond donors (Lipinski definition) is 2. The van der Waals surface area contributed by atoms with Gasteiger partial charge in [-0.1, -0.05) is 12.2 Å². The van der Waals surface area contributed by atoms with E-state index in [2.05, 4.69) is 5.32 Å². The van der Waals surface area contributed by atoms with Crippen molar-refractivity contribution in [1.82, 2.24) is 10.2 Å². The molecule has 1 fully saturated rings. The van der Waals surface area contributed by atoms with E-state index in [0.717, 1.165) is 12.8 Å². The molecule has 0 aromatic heterocycles. The highest BCUT2D eigenvalue weighted by Gasteiger charge is 2.38. The number of allylic oxidation sites excluding steroid dienone is 2. The second-order valence-electron chi connectivity index (χ2n) is 5.73. The van der Waals surface area contributed by atoms with Gasteiger partial charge in [-0.05, 0) is 25.7 Å². The summed E-state index contributed by atoms with van der Waals surface area (Å²) in [6, 6.07) is 0. The Hall–Kier alpha value is -1.85. The molecule has 116 valence electrons. The molecule has 1 saturated heterocycles. The van der Waals surface area contributed by atoms with Gasteiger partial charge in [-0.3, -0.25) is 14.4 Å². The maximum atomic E-state index is 12.6. The van der Waals surface area contributed by atoms with Crippen LogP contribution in [-0.4, -0.2) is 47.9 Å². The predicted octanol–water partition coefficient (Wildman–Crippen LogP) is 0.638. The standard InChI is InChI=1S/C15H22N2O4/c1-16-13(18)10-5-4-8-17(9-10)14(19)11-6-2-3-7-12(11)15(20)21/h2-3,10-12H,4-9H2,1H3,(H,16,18)(H,20,21). The van der Waals surface area contributed by atoms with Crippen molar-refractivity contribution < 1.29 is 19.5 Å². The number of rotatable bonds is 3.